The van der Waals surface area contributed by atoms with Crippen LogP contribution in [0.2, 0.25) is 0 Å². The molecule has 2 atom stereocenters. The molecule has 0 fully saturated rings. The first-order chi connectivity index (χ1) is 12.5. The fraction of sp³-hybridized carbons (Fsp3) is 0.278. The van der Waals surface area contributed by atoms with E-state index in [2.05, 4.69) is 10.3 Å². The van der Waals surface area contributed by atoms with E-state index in [1.54, 1.807) is 0 Å². The SMILES string of the molecule is C[NH+](CC1=Nc2ccccc2[NH2+]1)CC(O)COc1ccc([N+](=O)[O-])cc1.[Cl-].[Cl-]. The predicted octanol–water partition coefficient (Wildman–Crippen LogP) is -6.20. The summed E-state index contributed by atoms with van der Waals surface area (Å²) in [6.45, 7) is 1.35. The summed E-state index contributed by atoms with van der Waals surface area (Å²) in [6.07, 6.45) is -0.644. The molecule has 2 unspecified atom stereocenters. The van der Waals surface area contributed by atoms with Crippen molar-refractivity contribution in [2.45, 2.75) is 6.10 Å². The number of hydrogen-bond acceptors (Lipinski definition) is 5. The van der Waals surface area contributed by atoms with Crippen LogP contribution in [0, 0.1) is 10.1 Å². The highest BCUT2D eigenvalue weighted by Gasteiger charge is 2.23. The van der Waals surface area contributed by atoms with Gasteiger partial charge in [0.2, 0.25) is 0 Å². The van der Waals surface area contributed by atoms with Crippen LogP contribution < -0.4 is 39.8 Å². The molecule has 0 spiro atoms. The molecule has 1 heterocycles. The van der Waals surface area contributed by atoms with Gasteiger partial charge in [0, 0.05) is 18.2 Å². The molecule has 4 N–H and O–H groups in total. The van der Waals surface area contributed by atoms with E-state index in [0.717, 1.165) is 22.1 Å². The number of nitrogens with one attached hydrogen (secondary N) is 1. The van der Waals surface area contributed by atoms with Crippen molar-refractivity contribution in [3.63, 3.8) is 0 Å². The number of aliphatic hydroxyl groups excluding tert-OH is 1. The summed E-state index contributed by atoms with van der Waals surface area (Å²) in [7, 11) is 1.99. The van der Waals surface area contributed by atoms with Crippen LogP contribution >= 0.6 is 0 Å². The van der Waals surface area contributed by atoms with Gasteiger partial charge in [-0.05, 0) is 18.2 Å². The number of para-hydroxylation sites is 2. The molecule has 0 bridgehead atoms. The number of nitrogens with two attached hydrogens (primary N) is 1. The highest BCUT2D eigenvalue weighted by Crippen LogP contribution is 2.22. The summed E-state index contributed by atoms with van der Waals surface area (Å²) >= 11 is 0. The number of aliphatic hydroxyl groups is 1. The van der Waals surface area contributed by atoms with Crippen LogP contribution in [0.15, 0.2) is 53.5 Å². The summed E-state index contributed by atoms with van der Waals surface area (Å²) in [4.78, 5) is 15.9. The van der Waals surface area contributed by atoms with Crippen molar-refractivity contribution in [1.29, 1.82) is 0 Å². The molecule has 2 aromatic rings. The fourth-order valence-electron chi connectivity index (χ4n) is 2.87. The molecule has 28 heavy (non-hydrogen) atoms. The van der Waals surface area contributed by atoms with Crippen molar-refractivity contribution < 1.29 is 49.8 Å². The lowest BCUT2D eigenvalue weighted by Gasteiger charge is -2.17. The van der Waals surface area contributed by atoms with Crippen LogP contribution in [-0.4, -0.2) is 48.7 Å². The van der Waals surface area contributed by atoms with Crippen LogP contribution in [0.1, 0.15) is 0 Å². The maximum Gasteiger partial charge on any atom is 0.269 e. The summed E-state index contributed by atoms with van der Waals surface area (Å²) in [6, 6.07) is 13.8. The minimum absolute atomic E-state index is 0. The Labute approximate surface area is 175 Å². The first-order valence-corrected chi connectivity index (χ1v) is 8.39. The molecule has 8 nitrogen and oxygen atoms in total. The second-order valence-electron chi connectivity index (χ2n) is 6.36. The summed E-state index contributed by atoms with van der Waals surface area (Å²) in [5.41, 5.74) is 2.12. The third kappa shape index (κ3) is 6.43. The van der Waals surface area contributed by atoms with E-state index in [1.807, 2.05) is 31.3 Å². The minimum Gasteiger partial charge on any atom is -1.00 e. The number of nitro benzene ring substituents is 1. The van der Waals surface area contributed by atoms with E-state index in [9.17, 15) is 15.2 Å². The van der Waals surface area contributed by atoms with E-state index in [0.29, 0.717) is 18.8 Å². The molecular formula is C18H22Cl2N4O4. The summed E-state index contributed by atoms with van der Waals surface area (Å²) in [5, 5.41) is 22.9. The van der Waals surface area contributed by atoms with Crippen molar-refractivity contribution >= 4 is 22.9 Å². The molecule has 0 radical (unpaired) electrons. The molecule has 2 aromatic carbocycles. The van der Waals surface area contributed by atoms with Crippen molar-refractivity contribution in [1.82, 2.24) is 0 Å². The zero-order valence-electron chi connectivity index (χ0n) is 15.2. The van der Waals surface area contributed by atoms with E-state index in [1.165, 1.54) is 24.3 Å². The number of amidine groups is 1. The standard InChI is InChI=1S/C18H20N4O4.2ClH/c1-21(11-18-19-16-4-2-3-5-17(16)20-18)10-14(23)12-26-15-8-6-13(7-9-15)22(24)25;;/h2-9,14,23H,10-12H2,1H3,(H,19,20);2*1H. The van der Waals surface area contributed by atoms with E-state index < -0.39 is 11.0 Å². The van der Waals surface area contributed by atoms with Crippen LogP contribution in [0.3, 0.4) is 0 Å². The van der Waals surface area contributed by atoms with Crippen LogP contribution in [-0.2, 0) is 0 Å². The van der Waals surface area contributed by atoms with Gasteiger partial charge in [-0.3, -0.25) is 15.4 Å². The van der Waals surface area contributed by atoms with E-state index >= 15 is 0 Å². The molecular weight excluding hydrogens is 407 g/mol. The Morgan fingerprint density at radius 1 is 1.21 bits per heavy atom. The van der Waals surface area contributed by atoms with Crippen LogP contribution in [0.4, 0.5) is 17.1 Å². The second-order valence-corrected chi connectivity index (χ2v) is 6.36. The first kappa shape index (κ1) is 23.8. The topological polar surface area (TPSA) is 106 Å². The Bertz CT molecular complexity index is 817. The lowest BCUT2D eigenvalue weighted by molar-refractivity contribution is -0.876. The zero-order chi connectivity index (χ0) is 18.5. The fourth-order valence-corrected chi connectivity index (χ4v) is 2.87. The normalized spacial score (nSPS) is 14.0. The maximum atomic E-state index is 10.6. The van der Waals surface area contributed by atoms with Gasteiger partial charge in [0.1, 0.15) is 30.7 Å². The number of ether oxygens (including phenoxy) is 1. The minimum atomic E-state index is -0.644. The number of halogens is 2. The molecule has 152 valence electrons. The Morgan fingerprint density at radius 3 is 2.54 bits per heavy atom. The summed E-state index contributed by atoms with van der Waals surface area (Å²) < 4.78 is 5.50. The van der Waals surface area contributed by atoms with Gasteiger partial charge in [-0.25, -0.2) is 0 Å². The predicted molar refractivity (Wildman–Crippen MR) is 96.3 cm³/mol. The Balaban J connectivity index is 0.00000196. The van der Waals surface area contributed by atoms with Gasteiger partial charge in [0.15, 0.2) is 12.2 Å². The van der Waals surface area contributed by atoms with Crippen LogP contribution in [0.5, 0.6) is 5.75 Å². The van der Waals surface area contributed by atoms with E-state index in [-0.39, 0.29) is 37.1 Å². The number of aliphatic imine (C=N–C) groups is 1. The van der Waals surface area contributed by atoms with Crippen molar-refractivity contribution in [3.8, 4) is 5.75 Å². The number of quaternary nitrogens is 2. The van der Waals surface area contributed by atoms with Gasteiger partial charge in [-0.15, -0.1) is 0 Å². The zero-order valence-corrected chi connectivity index (χ0v) is 16.7. The Hall–Kier alpha value is -2.23. The average Bonchev–Trinajstić information content (AvgIpc) is 3.02. The molecule has 1 aliphatic heterocycles. The molecule has 0 saturated carbocycles. The monoisotopic (exact) mass is 428 g/mol. The molecule has 0 saturated heterocycles. The number of non-ortho nitro benzene ring substituents is 1. The number of fused-ring (bicyclic) bond motifs is 1. The molecule has 0 aromatic heterocycles. The summed E-state index contributed by atoms with van der Waals surface area (Å²) in [5.74, 6) is 1.49. The van der Waals surface area contributed by atoms with Gasteiger partial charge in [-0.2, -0.15) is 4.99 Å². The highest BCUT2D eigenvalue weighted by atomic mass is 35.5. The van der Waals surface area contributed by atoms with Gasteiger partial charge in [0.05, 0.1) is 12.0 Å². The quantitative estimate of drug-likeness (QED) is 0.221. The molecule has 0 aliphatic carbocycles. The molecule has 3 rings (SSSR count). The molecule has 1 aliphatic rings. The van der Waals surface area contributed by atoms with Crippen LogP contribution in [0.25, 0.3) is 0 Å². The molecule has 0 amide bonds. The van der Waals surface area contributed by atoms with Gasteiger partial charge < -0.3 is 39.6 Å². The van der Waals surface area contributed by atoms with Crippen molar-refractivity contribution in [2.75, 3.05) is 26.7 Å². The lowest BCUT2D eigenvalue weighted by Crippen LogP contribution is -3.13. The molecule has 10 heteroatoms. The third-order valence-corrected chi connectivity index (χ3v) is 4.08. The van der Waals surface area contributed by atoms with Gasteiger partial charge in [0.25, 0.3) is 11.5 Å². The van der Waals surface area contributed by atoms with Gasteiger partial charge >= 0.3 is 0 Å². The van der Waals surface area contributed by atoms with E-state index in [4.69, 9.17) is 4.74 Å². The first-order valence-electron chi connectivity index (χ1n) is 8.39. The smallest absolute Gasteiger partial charge is 0.269 e. The highest BCUT2D eigenvalue weighted by molar-refractivity contribution is 5.85. The number of likely N-dealkylation sites (N-methyl/N-ethyl adjacent to an activating group) is 1. The number of rotatable bonds is 8. The number of benzene rings is 2. The third-order valence-electron chi connectivity index (χ3n) is 4.08. The average molecular weight is 429 g/mol. The number of nitro groups is 1. The maximum absolute atomic E-state index is 10.6. The largest absolute Gasteiger partial charge is 1.00 e. The Kier molecular flexibility index (Phi) is 9.30. The lowest BCUT2D eigenvalue weighted by atomic mass is 10.3. The van der Waals surface area contributed by atoms with Gasteiger partial charge in [-0.1, -0.05) is 12.1 Å². The second kappa shape index (κ2) is 10.9. The number of hydrogen-bond donors (Lipinski definition) is 3. The van der Waals surface area contributed by atoms with Crippen molar-refractivity contribution in [3.05, 3.63) is 58.6 Å². The number of nitrogens with zero attached hydrogens (tertiary/aromatic N) is 2. The Morgan fingerprint density at radius 2 is 1.89 bits per heavy atom. The van der Waals surface area contributed by atoms with Crippen molar-refractivity contribution in [2.24, 2.45) is 4.99 Å².